The van der Waals surface area contributed by atoms with Gasteiger partial charge in [-0.25, -0.2) is 17.5 Å². The molecule has 7 nitrogen and oxygen atoms in total. The van der Waals surface area contributed by atoms with E-state index in [0.29, 0.717) is 18.7 Å². The fourth-order valence-electron chi connectivity index (χ4n) is 1.54. The van der Waals surface area contributed by atoms with Gasteiger partial charge in [-0.05, 0) is 17.7 Å². The number of hydrogen-bond donors (Lipinski definition) is 4. The minimum absolute atomic E-state index is 0.185. The van der Waals surface area contributed by atoms with E-state index in [2.05, 4.69) is 15.2 Å². The largest absolute Gasteiger partial charge is 0.409 e. The second-order valence-corrected chi connectivity index (χ2v) is 5.96. The Kier molecular flexibility index (Phi) is 5.86. The zero-order valence-electron chi connectivity index (χ0n) is 10.9. The van der Waals surface area contributed by atoms with Gasteiger partial charge in [-0.15, -0.1) is 0 Å². The minimum Gasteiger partial charge on any atom is -0.409 e. The van der Waals surface area contributed by atoms with Crippen LogP contribution in [0.2, 0.25) is 0 Å². The van der Waals surface area contributed by atoms with E-state index in [-0.39, 0.29) is 17.9 Å². The average molecular weight is 304 g/mol. The van der Waals surface area contributed by atoms with E-state index in [9.17, 15) is 12.8 Å². The molecule has 20 heavy (non-hydrogen) atoms. The number of benzene rings is 1. The summed E-state index contributed by atoms with van der Waals surface area (Å²) in [6.07, 6.45) is 1.07. The summed E-state index contributed by atoms with van der Waals surface area (Å²) in [5.41, 5.74) is 6.39. The van der Waals surface area contributed by atoms with Gasteiger partial charge in [0.2, 0.25) is 10.0 Å². The Morgan fingerprint density at radius 3 is 2.75 bits per heavy atom. The lowest BCUT2D eigenvalue weighted by Crippen LogP contribution is -2.31. The Labute approximate surface area is 116 Å². The first-order valence-corrected chi connectivity index (χ1v) is 7.64. The van der Waals surface area contributed by atoms with Crippen molar-refractivity contribution in [3.63, 3.8) is 0 Å². The van der Waals surface area contributed by atoms with Crippen LogP contribution in [0.3, 0.4) is 0 Å². The summed E-state index contributed by atoms with van der Waals surface area (Å²) < 4.78 is 37.1. The number of nitrogens with two attached hydrogens (primary N) is 1. The first kappa shape index (κ1) is 16.3. The van der Waals surface area contributed by atoms with Crippen LogP contribution in [0.15, 0.2) is 23.4 Å². The zero-order chi connectivity index (χ0) is 15.2. The summed E-state index contributed by atoms with van der Waals surface area (Å²) in [5, 5.41) is 14.5. The molecule has 0 bridgehead atoms. The lowest BCUT2D eigenvalue weighted by molar-refractivity contribution is 0.318. The van der Waals surface area contributed by atoms with Crippen LogP contribution in [0.25, 0.3) is 0 Å². The maximum Gasteiger partial charge on any atom is 0.208 e. The lowest BCUT2D eigenvalue weighted by Gasteiger charge is -2.10. The Hall–Kier alpha value is -1.71. The molecule has 5 N–H and O–H groups in total. The number of sulfonamides is 1. The number of oxime groups is 1. The molecule has 0 fully saturated rings. The van der Waals surface area contributed by atoms with Gasteiger partial charge < -0.3 is 16.3 Å². The van der Waals surface area contributed by atoms with E-state index in [1.54, 1.807) is 0 Å². The Morgan fingerprint density at radius 1 is 1.45 bits per heavy atom. The van der Waals surface area contributed by atoms with E-state index < -0.39 is 15.8 Å². The van der Waals surface area contributed by atoms with E-state index >= 15 is 0 Å². The van der Waals surface area contributed by atoms with Crippen LogP contribution in [-0.4, -0.2) is 38.8 Å². The van der Waals surface area contributed by atoms with Crippen molar-refractivity contribution >= 4 is 15.9 Å². The molecule has 0 radical (unpaired) electrons. The molecule has 0 spiro atoms. The average Bonchev–Trinajstić information content (AvgIpc) is 2.37. The fraction of sp³-hybridized carbons (Fsp3) is 0.364. The van der Waals surface area contributed by atoms with Gasteiger partial charge in [0, 0.05) is 25.2 Å². The molecule has 1 aromatic rings. The van der Waals surface area contributed by atoms with Crippen LogP contribution in [0.5, 0.6) is 0 Å². The van der Waals surface area contributed by atoms with Gasteiger partial charge in [0.25, 0.3) is 0 Å². The predicted molar refractivity (Wildman–Crippen MR) is 73.5 cm³/mol. The molecular formula is C11H17FN4O3S. The maximum absolute atomic E-state index is 13.1. The minimum atomic E-state index is -3.21. The molecule has 0 atom stereocenters. The molecule has 0 amide bonds. The second kappa shape index (κ2) is 7.17. The van der Waals surface area contributed by atoms with Crippen molar-refractivity contribution in [1.82, 2.24) is 10.0 Å². The SMILES string of the molecule is CS(=O)(=O)NCCNCc1ccc(F)cc1C(N)=NO. The number of halogens is 1. The van der Waals surface area contributed by atoms with Crippen molar-refractivity contribution in [2.75, 3.05) is 19.3 Å². The second-order valence-electron chi connectivity index (χ2n) is 4.13. The molecule has 0 saturated carbocycles. The van der Waals surface area contributed by atoms with Crippen molar-refractivity contribution in [3.8, 4) is 0 Å². The van der Waals surface area contributed by atoms with Gasteiger partial charge in [-0.1, -0.05) is 11.2 Å². The van der Waals surface area contributed by atoms with Crippen LogP contribution < -0.4 is 15.8 Å². The molecule has 0 heterocycles. The highest BCUT2D eigenvalue weighted by Crippen LogP contribution is 2.11. The van der Waals surface area contributed by atoms with Crippen molar-refractivity contribution in [2.24, 2.45) is 10.9 Å². The summed E-state index contributed by atoms with van der Waals surface area (Å²) in [6.45, 7) is 0.955. The highest BCUT2D eigenvalue weighted by atomic mass is 32.2. The molecular weight excluding hydrogens is 287 g/mol. The Bertz CT molecular complexity index is 589. The van der Waals surface area contributed by atoms with Crippen molar-refractivity contribution in [1.29, 1.82) is 0 Å². The van der Waals surface area contributed by atoms with Crippen LogP contribution in [0.4, 0.5) is 4.39 Å². The molecule has 0 aliphatic rings. The smallest absolute Gasteiger partial charge is 0.208 e. The summed E-state index contributed by atoms with van der Waals surface area (Å²) in [4.78, 5) is 0. The number of hydrogen-bond acceptors (Lipinski definition) is 5. The van der Waals surface area contributed by atoms with E-state index in [0.717, 1.165) is 6.26 Å². The molecule has 0 aliphatic carbocycles. The highest BCUT2D eigenvalue weighted by molar-refractivity contribution is 7.88. The number of rotatable bonds is 7. The molecule has 9 heteroatoms. The van der Waals surface area contributed by atoms with Gasteiger partial charge in [0.05, 0.1) is 6.26 Å². The van der Waals surface area contributed by atoms with Crippen LogP contribution in [0, 0.1) is 5.82 Å². The third-order valence-corrected chi connectivity index (χ3v) is 3.17. The zero-order valence-corrected chi connectivity index (χ0v) is 11.7. The number of nitrogens with one attached hydrogen (secondary N) is 2. The third-order valence-electron chi connectivity index (χ3n) is 2.44. The monoisotopic (exact) mass is 304 g/mol. The van der Waals surface area contributed by atoms with Crippen molar-refractivity contribution in [2.45, 2.75) is 6.54 Å². The third kappa shape index (κ3) is 5.51. The van der Waals surface area contributed by atoms with Gasteiger partial charge in [-0.3, -0.25) is 0 Å². The van der Waals surface area contributed by atoms with Gasteiger partial charge in [0.1, 0.15) is 5.82 Å². The standard InChI is InChI=1S/C11H17FN4O3S/c1-20(18,19)15-5-4-14-7-8-2-3-9(12)6-10(8)11(13)16-17/h2-3,6,14-15,17H,4-5,7H2,1H3,(H2,13,16). The number of amidine groups is 1. The summed E-state index contributed by atoms with van der Waals surface area (Å²) in [7, 11) is -3.21. The van der Waals surface area contributed by atoms with Crippen LogP contribution in [0.1, 0.15) is 11.1 Å². The summed E-state index contributed by atoms with van der Waals surface area (Å²) in [5.74, 6) is -0.676. The molecule has 0 aliphatic heterocycles. The van der Waals surface area contributed by atoms with Gasteiger partial charge in [0.15, 0.2) is 5.84 Å². The highest BCUT2D eigenvalue weighted by Gasteiger charge is 2.08. The summed E-state index contributed by atoms with van der Waals surface area (Å²) in [6, 6.07) is 3.94. The molecule has 1 rings (SSSR count). The fourth-order valence-corrected chi connectivity index (χ4v) is 2.02. The van der Waals surface area contributed by atoms with Crippen LogP contribution >= 0.6 is 0 Å². The topological polar surface area (TPSA) is 117 Å². The van der Waals surface area contributed by atoms with E-state index in [1.165, 1.54) is 18.2 Å². The van der Waals surface area contributed by atoms with Crippen LogP contribution in [-0.2, 0) is 16.6 Å². The van der Waals surface area contributed by atoms with E-state index in [1.807, 2.05) is 0 Å². The van der Waals surface area contributed by atoms with Crippen molar-refractivity contribution < 1.29 is 18.0 Å². The van der Waals surface area contributed by atoms with E-state index in [4.69, 9.17) is 10.9 Å². The Morgan fingerprint density at radius 2 is 2.15 bits per heavy atom. The molecule has 0 unspecified atom stereocenters. The number of nitrogens with zero attached hydrogens (tertiary/aromatic N) is 1. The molecule has 112 valence electrons. The Balaban J connectivity index is 2.60. The van der Waals surface area contributed by atoms with Gasteiger partial charge in [-0.2, -0.15) is 0 Å². The van der Waals surface area contributed by atoms with Crippen molar-refractivity contribution in [3.05, 3.63) is 35.1 Å². The first-order chi connectivity index (χ1) is 9.33. The normalized spacial score (nSPS) is 12.6. The summed E-state index contributed by atoms with van der Waals surface area (Å²) >= 11 is 0. The quantitative estimate of drug-likeness (QED) is 0.179. The molecule has 1 aromatic carbocycles. The first-order valence-electron chi connectivity index (χ1n) is 5.75. The van der Waals surface area contributed by atoms with Gasteiger partial charge >= 0.3 is 0 Å². The lowest BCUT2D eigenvalue weighted by atomic mass is 10.1. The maximum atomic E-state index is 13.1. The molecule has 0 aromatic heterocycles. The predicted octanol–water partition coefficient (Wildman–Crippen LogP) is -0.441. The molecule has 0 saturated heterocycles.